The molecular weight excluding hydrogens is 360 g/mol. The Morgan fingerprint density at radius 2 is 1.85 bits per heavy atom. The van der Waals surface area contributed by atoms with Crippen LogP contribution in [0.4, 0.5) is 10.5 Å². The summed E-state index contributed by atoms with van der Waals surface area (Å²) in [5, 5.41) is 14.4. The van der Waals surface area contributed by atoms with Gasteiger partial charge in [0.15, 0.2) is 6.61 Å². The molecule has 0 spiro atoms. The van der Waals surface area contributed by atoms with Crippen LogP contribution in [0.2, 0.25) is 5.02 Å². The van der Waals surface area contributed by atoms with Crippen molar-refractivity contribution in [2.24, 2.45) is 0 Å². The lowest BCUT2D eigenvalue weighted by Gasteiger charge is -2.10. The van der Waals surface area contributed by atoms with Gasteiger partial charge in [0.05, 0.1) is 0 Å². The molecule has 0 aliphatic carbocycles. The first-order valence-corrected chi connectivity index (χ1v) is 7.98. The maximum Gasteiger partial charge on any atom is 0.342 e. The molecular formula is C18H17ClN2O5. The van der Waals surface area contributed by atoms with E-state index in [1.54, 1.807) is 6.07 Å². The van der Waals surface area contributed by atoms with Gasteiger partial charge >= 0.3 is 12.0 Å². The molecule has 2 rings (SSSR count). The predicted octanol–water partition coefficient (Wildman–Crippen LogP) is 3.17. The van der Waals surface area contributed by atoms with Crippen LogP contribution < -0.4 is 10.6 Å². The molecule has 0 unspecified atom stereocenters. The van der Waals surface area contributed by atoms with Crippen molar-refractivity contribution in [3.63, 3.8) is 0 Å². The van der Waals surface area contributed by atoms with E-state index in [0.717, 1.165) is 11.1 Å². The maximum atomic E-state index is 11.9. The van der Waals surface area contributed by atoms with Crippen molar-refractivity contribution in [1.82, 2.24) is 5.32 Å². The number of carbonyl (C=O) groups is 3. The molecule has 136 valence electrons. The van der Waals surface area contributed by atoms with Gasteiger partial charge in [-0.15, -0.1) is 0 Å². The van der Waals surface area contributed by atoms with Gasteiger partial charge in [0.25, 0.3) is 5.91 Å². The third-order valence-electron chi connectivity index (χ3n) is 3.40. The van der Waals surface area contributed by atoms with Crippen molar-refractivity contribution in [1.29, 1.82) is 0 Å². The largest absolute Gasteiger partial charge is 0.507 e. The van der Waals surface area contributed by atoms with Crippen LogP contribution in [0, 0.1) is 13.8 Å². The average molecular weight is 377 g/mol. The second-order valence-electron chi connectivity index (χ2n) is 5.56. The molecule has 0 radical (unpaired) electrons. The van der Waals surface area contributed by atoms with Crippen LogP contribution >= 0.6 is 11.6 Å². The molecule has 0 heterocycles. The molecule has 3 N–H and O–H groups in total. The van der Waals surface area contributed by atoms with Gasteiger partial charge in [-0.05, 0) is 43.7 Å². The van der Waals surface area contributed by atoms with E-state index >= 15 is 0 Å². The van der Waals surface area contributed by atoms with Crippen molar-refractivity contribution in [2.45, 2.75) is 13.8 Å². The number of phenolic OH excluding ortho intramolecular Hbond substituents is 1. The Balaban J connectivity index is 1.87. The van der Waals surface area contributed by atoms with Crippen molar-refractivity contribution < 1.29 is 24.2 Å². The number of urea groups is 1. The number of hydrogen-bond donors (Lipinski definition) is 3. The summed E-state index contributed by atoms with van der Waals surface area (Å²) in [7, 11) is 0. The van der Waals surface area contributed by atoms with Gasteiger partial charge in [-0.25, -0.2) is 9.59 Å². The number of rotatable bonds is 4. The molecule has 2 aromatic carbocycles. The number of ether oxygens (including phenoxy) is 1. The third-order valence-corrected chi connectivity index (χ3v) is 3.63. The fraction of sp³-hybridized carbons (Fsp3) is 0.167. The molecule has 2 aromatic rings. The quantitative estimate of drug-likeness (QED) is 0.711. The van der Waals surface area contributed by atoms with Gasteiger partial charge in [-0.2, -0.15) is 0 Å². The van der Waals surface area contributed by atoms with Crippen LogP contribution in [0.15, 0.2) is 36.4 Å². The van der Waals surface area contributed by atoms with E-state index in [2.05, 4.69) is 5.32 Å². The van der Waals surface area contributed by atoms with Crippen molar-refractivity contribution in [2.75, 3.05) is 11.9 Å². The van der Waals surface area contributed by atoms with Gasteiger partial charge in [-0.3, -0.25) is 10.1 Å². The predicted molar refractivity (Wildman–Crippen MR) is 96.5 cm³/mol. The molecule has 0 aliphatic heterocycles. The van der Waals surface area contributed by atoms with Crippen LogP contribution in [0.5, 0.6) is 5.75 Å². The Hall–Kier alpha value is -3.06. The van der Waals surface area contributed by atoms with Gasteiger partial charge < -0.3 is 15.2 Å². The van der Waals surface area contributed by atoms with Crippen LogP contribution in [-0.4, -0.2) is 29.6 Å². The molecule has 26 heavy (non-hydrogen) atoms. The van der Waals surface area contributed by atoms with E-state index in [0.29, 0.717) is 5.69 Å². The van der Waals surface area contributed by atoms with E-state index in [1.807, 2.05) is 31.3 Å². The van der Waals surface area contributed by atoms with Crippen molar-refractivity contribution >= 4 is 35.2 Å². The van der Waals surface area contributed by atoms with Crippen LogP contribution in [0.3, 0.4) is 0 Å². The number of halogens is 1. The monoisotopic (exact) mass is 376 g/mol. The lowest BCUT2D eigenvalue weighted by Crippen LogP contribution is -2.37. The summed E-state index contributed by atoms with van der Waals surface area (Å²) in [6.07, 6.45) is 0. The number of carbonyl (C=O) groups excluding carboxylic acids is 3. The summed E-state index contributed by atoms with van der Waals surface area (Å²) in [6.45, 7) is 3.06. The highest BCUT2D eigenvalue weighted by Crippen LogP contribution is 2.22. The second-order valence-corrected chi connectivity index (χ2v) is 5.99. The zero-order chi connectivity index (χ0) is 19.3. The number of esters is 1. The Morgan fingerprint density at radius 3 is 2.54 bits per heavy atom. The molecule has 0 aromatic heterocycles. The number of nitrogens with one attached hydrogen (secondary N) is 2. The fourth-order valence-electron chi connectivity index (χ4n) is 2.15. The van der Waals surface area contributed by atoms with Crippen molar-refractivity contribution in [3.8, 4) is 5.75 Å². The number of phenols is 1. The summed E-state index contributed by atoms with van der Waals surface area (Å²) in [6, 6.07) is 8.53. The van der Waals surface area contributed by atoms with Gasteiger partial charge in [0, 0.05) is 10.7 Å². The molecule has 0 fully saturated rings. The average Bonchev–Trinajstić information content (AvgIpc) is 2.57. The lowest BCUT2D eigenvalue weighted by molar-refractivity contribution is -0.123. The minimum Gasteiger partial charge on any atom is -0.507 e. The van der Waals surface area contributed by atoms with E-state index < -0.39 is 24.5 Å². The number of anilines is 1. The molecule has 0 bridgehead atoms. The normalized spacial score (nSPS) is 10.1. The lowest BCUT2D eigenvalue weighted by atomic mass is 10.1. The molecule has 3 amide bonds. The Bertz CT molecular complexity index is 867. The first-order valence-electron chi connectivity index (χ1n) is 7.60. The first kappa shape index (κ1) is 19.3. The van der Waals surface area contributed by atoms with Gasteiger partial charge in [-0.1, -0.05) is 29.3 Å². The Morgan fingerprint density at radius 1 is 1.12 bits per heavy atom. The molecule has 0 saturated heterocycles. The summed E-state index contributed by atoms with van der Waals surface area (Å²) in [4.78, 5) is 35.4. The van der Waals surface area contributed by atoms with Crippen LogP contribution in [-0.2, 0) is 9.53 Å². The highest BCUT2D eigenvalue weighted by Gasteiger charge is 2.16. The van der Waals surface area contributed by atoms with Gasteiger partial charge in [0.2, 0.25) is 0 Å². The zero-order valence-electron chi connectivity index (χ0n) is 14.1. The van der Waals surface area contributed by atoms with Gasteiger partial charge in [0.1, 0.15) is 11.3 Å². The number of hydrogen-bond acceptors (Lipinski definition) is 5. The third kappa shape index (κ3) is 5.22. The molecule has 8 heteroatoms. The number of benzene rings is 2. The highest BCUT2D eigenvalue weighted by atomic mass is 35.5. The fourth-order valence-corrected chi connectivity index (χ4v) is 2.32. The van der Waals surface area contributed by atoms with Crippen LogP contribution in [0.25, 0.3) is 0 Å². The summed E-state index contributed by atoms with van der Waals surface area (Å²) < 4.78 is 4.77. The minimum absolute atomic E-state index is 0.176. The Kier molecular flexibility index (Phi) is 6.19. The number of aryl methyl sites for hydroxylation is 2. The smallest absolute Gasteiger partial charge is 0.342 e. The first-order chi connectivity index (χ1) is 12.3. The maximum absolute atomic E-state index is 11.9. The molecule has 0 aliphatic rings. The number of imide groups is 1. The van der Waals surface area contributed by atoms with E-state index in [9.17, 15) is 19.5 Å². The standard InChI is InChI=1S/C18H17ClN2O5/c1-10-3-5-14(11(2)7-10)20-18(25)21-16(23)9-26-17(24)13-8-12(19)4-6-15(13)22/h3-8,22H,9H2,1-2H3,(H2,20,21,23,25). The molecule has 0 atom stereocenters. The highest BCUT2D eigenvalue weighted by molar-refractivity contribution is 6.31. The minimum atomic E-state index is -0.935. The topological polar surface area (TPSA) is 105 Å². The number of amides is 3. The summed E-state index contributed by atoms with van der Waals surface area (Å²) in [5.74, 6) is -2.08. The SMILES string of the molecule is Cc1ccc(NC(=O)NC(=O)COC(=O)c2cc(Cl)ccc2O)c(C)c1. The second kappa shape index (κ2) is 8.35. The van der Waals surface area contributed by atoms with E-state index in [-0.39, 0.29) is 16.3 Å². The number of aromatic hydroxyl groups is 1. The van der Waals surface area contributed by atoms with E-state index in [4.69, 9.17) is 16.3 Å². The summed E-state index contributed by atoms with van der Waals surface area (Å²) in [5.41, 5.74) is 2.27. The van der Waals surface area contributed by atoms with E-state index in [1.165, 1.54) is 18.2 Å². The van der Waals surface area contributed by atoms with Crippen LogP contribution in [0.1, 0.15) is 21.5 Å². The van der Waals surface area contributed by atoms with Crippen molar-refractivity contribution in [3.05, 3.63) is 58.1 Å². The summed E-state index contributed by atoms with van der Waals surface area (Å²) >= 11 is 5.74. The Labute approximate surface area is 154 Å². The molecule has 0 saturated carbocycles. The zero-order valence-corrected chi connectivity index (χ0v) is 14.9. The molecule has 7 nitrogen and oxygen atoms in total.